The Balaban J connectivity index is 1.97. The number of fused-ring (bicyclic) bond motifs is 3. The minimum Gasteiger partial charge on any atom is -0.385 e. The minimum atomic E-state index is 0.747. The second-order valence-corrected chi connectivity index (χ2v) is 5.57. The fourth-order valence-electron chi connectivity index (χ4n) is 3.30. The second-order valence-electron chi connectivity index (χ2n) is 5.57. The lowest BCUT2D eigenvalue weighted by Crippen LogP contribution is -2.41. The van der Waals surface area contributed by atoms with E-state index in [1.54, 1.807) is 5.56 Å². The van der Waals surface area contributed by atoms with E-state index in [1.807, 2.05) is 0 Å². The van der Waals surface area contributed by atoms with Gasteiger partial charge in [-0.3, -0.25) is 0 Å². The first kappa shape index (κ1) is 11.1. The summed E-state index contributed by atoms with van der Waals surface area (Å²) >= 11 is 0. The molecule has 2 heterocycles. The molecule has 0 bridgehead atoms. The number of rotatable bonds is 1. The lowest BCUT2D eigenvalue weighted by atomic mass is 9.77. The predicted octanol–water partition coefficient (Wildman–Crippen LogP) is 2.71. The fraction of sp³-hybridized carbons (Fsp3) is 0.600. The van der Waals surface area contributed by atoms with E-state index in [0.717, 1.165) is 24.8 Å². The van der Waals surface area contributed by atoms with Gasteiger partial charge in [0, 0.05) is 24.7 Å². The van der Waals surface area contributed by atoms with Gasteiger partial charge in [-0.25, -0.2) is 0 Å². The van der Waals surface area contributed by atoms with Crippen molar-refractivity contribution in [1.29, 1.82) is 0 Å². The van der Waals surface area contributed by atoms with Crippen LogP contribution >= 0.6 is 0 Å². The van der Waals surface area contributed by atoms with Gasteiger partial charge < -0.3 is 10.2 Å². The Bertz CT molecular complexity index is 413. The average Bonchev–Trinajstić information content (AvgIpc) is 2.38. The van der Waals surface area contributed by atoms with Crippen LogP contribution in [0.3, 0.4) is 0 Å². The summed E-state index contributed by atoms with van der Waals surface area (Å²) in [6, 6.07) is 6.97. The third kappa shape index (κ3) is 1.95. The molecule has 0 spiro atoms. The maximum atomic E-state index is 3.61. The molecule has 1 aromatic carbocycles. The number of piperidine rings is 1. The van der Waals surface area contributed by atoms with Crippen molar-refractivity contribution in [2.45, 2.75) is 25.7 Å². The highest BCUT2D eigenvalue weighted by Gasteiger charge is 2.33. The summed E-state index contributed by atoms with van der Waals surface area (Å²) in [6.07, 6.45) is 2.48. The molecule has 2 heteroatoms. The molecule has 1 saturated heterocycles. The van der Waals surface area contributed by atoms with Crippen LogP contribution in [-0.4, -0.2) is 31.6 Å². The SMILES string of the molecule is CCc1ccc2c(c1)C1CN(C)CCC1CN2. The minimum absolute atomic E-state index is 0.747. The molecule has 92 valence electrons. The van der Waals surface area contributed by atoms with Crippen molar-refractivity contribution in [3.05, 3.63) is 29.3 Å². The van der Waals surface area contributed by atoms with Crippen LogP contribution in [0.1, 0.15) is 30.4 Å². The third-order valence-electron chi connectivity index (χ3n) is 4.44. The van der Waals surface area contributed by atoms with Crippen LogP contribution in [0.5, 0.6) is 0 Å². The number of likely N-dealkylation sites (N-methyl/N-ethyl adjacent to an activating group) is 1. The maximum absolute atomic E-state index is 3.61. The molecule has 2 atom stereocenters. The fourth-order valence-corrected chi connectivity index (χ4v) is 3.30. The van der Waals surface area contributed by atoms with Gasteiger partial charge in [0.25, 0.3) is 0 Å². The van der Waals surface area contributed by atoms with Gasteiger partial charge in [-0.05, 0) is 49.5 Å². The molecule has 0 aromatic heterocycles. The molecule has 2 aliphatic rings. The summed E-state index contributed by atoms with van der Waals surface area (Å²) in [4.78, 5) is 2.48. The first-order chi connectivity index (χ1) is 8.28. The van der Waals surface area contributed by atoms with E-state index in [0.29, 0.717) is 0 Å². The van der Waals surface area contributed by atoms with Crippen LogP contribution in [-0.2, 0) is 6.42 Å². The number of aryl methyl sites for hydroxylation is 1. The van der Waals surface area contributed by atoms with Crippen molar-refractivity contribution >= 4 is 5.69 Å². The summed E-state index contributed by atoms with van der Waals surface area (Å²) in [5.41, 5.74) is 4.41. The number of benzene rings is 1. The van der Waals surface area contributed by atoms with Crippen LogP contribution in [0.15, 0.2) is 18.2 Å². The molecule has 3 rings (SSSR count). The molecular formula is C15H22N2. The van der Waals surface area contributed by atoms with Crippen molar-refractivity contribution in [3.63, 3.8) is 0 Å². The van der Waals surface area contributed by atoms with Crippen LogP contribution in [0, 0.1) is 5.92 Å². The Hall–Kier alpha value is -1.02. The smallest absolute Gasteiger partial charge is 0.0376 e. The van der Waals surface area contributed by atoms with E-state index in [4.69, 9.17) is 0 Å². The standard InChI is InChI=1S/C15H22N2/c1-3-11-4-5-15-13(8-11)14-10-17(2)7-6-12(14)9-16-15/h4-5,8,12,14,16H,3,6-7,9-10H2,1-2H3. The van der Waals surface area contributed by atoms with Gasteiger partial charge in [0.05, 0.1) is 0 Å². The number of nitrogens with zero attached hydrogens (tertiary/aromatic N) is 1. The monoisotopic (exact) mass is 230 g/mol. The molecular weight excluding hydrogens is 208 g/mol. The van der Waals surface area contributed by atoms with E-state index in [1.165, 1.54) is 30.8 Å². The number of hydrogen-bond acceptors (Lipinski definition) is 2. The molecule has 0 aliphatic carbocycles. The normalized spacial score (nSPS) is 28.1. The van der Waals surface area contributed by atoms with Gasteiger partial charge in [0.1, 0.15) is 0 Å². The maximum Gasteiger partial charge on any atom is 0.0376 e. The van der Waals surface area contributed by atoms with E-state index in [9.17, 15) is 0 Å². The molecule has 1 fully saturated rings. The van der Waals surface area contributed by atoms with E-state index < -0.39 is 0 Å². The zero-order chi connectivity index (χ0) is 11.8. The van der Waals surface area contributed by atoms with Crippen LogP contribution in [0.25, 0.3) is 0 Å². The number of anilines is 1. The quantitative estimate of drug-likeness (QED) is 0.798. The largest absolute Gasteiger partial charge is 0.385 e. The number of nitrogens with one attached hydrogen (secondary N) is 1. The van der Waals surface area contributed by atoms with Crippen molar-refractivity contribution in [1.82, 2.24) is 4.90 Å². The molecule has 0 saturated carbocycles. The van der Waals surface area contributed by atoms with E-state index >= 15 is 0 Å². The first-order valence-corrected chi connectivity index (χ1v) is 6.83. The molecule has 2 unspecified atom stereocenters. The van der Waals surface area contributed by atoms with Crippen molar-refractivity contribution in [3.8, 4) is 0 Å². The van der Waals surface area contributed by atoms with Gasteiger partial charge in [-0.2, -0.15) is 0 Å². The van der Waals surface area contributed by atoms with Gasteiger partial charge in [0.15, 0.2) is 0 Å². The Morgan fingerprint density at radius 3 is 3.12 bits per heavy atom. The molecule has 0 amide bonds. The lowest BCUT2D eigenvalue weighted by molar-refractivity contribution is 0.192. The summed E-state index contributed by atoms with van der Waals surface area (Å²) in [6.45, 7) is 5.89. The van der Waals surface area contributed by atoms with Crippen LogP contribution in [0.4, 0.5) is 5.69 Å². The Labute approximate surface area is 104 Å². The Kier molecular flexibility index (Phi) is 2.83. The Morgan fingerprint density at radius 1 is 1.41 bits per heavy atom. The zero-order valence-electron chi connectivity index (χ0n) is 10.9. The predicted molar refractivity (Wildman–Crippen MR) is 72.7 cm³/mol. The lowest BCUT2D eigenvalue weighted by Gasteiger charge is -2.41. The van der Waals surface area contributed by atoms with Crippen molar-refractivity contribution in [2.24, 2.45) is 5.92 Å². The highest BCUT2D eigenvalue weighted by molar-refractivity contribution is 5.57. The van der Waals surface area contributed by atoms with Crippen LogP contribution in [0.2, 0.25) is 0 Å². The summed E-state index contributed by atoms with van der Waals surface area (Å²) < 4.78 is 0. The van der Waals surface area contributed by atoms with Gasteiger partial charge in [-0.15, -0.1) is 0 Å². The Morgan fingerprint density at radius 2 is 2.29 bits per heavy atom. The van der Waals surface area contributed by atoms with E-state index in [-0.39, 0.29) is 0 Å². The molecule has 2 aliphatic heterocycles. The summed E-state index contributed by atoms with van der Waals surface area (Å²) in [5, 5.41) is 3.61. The molecule has 0 radical (unpaired) electrons. The van der Waals surface area contributed by atoms with Crippen LogP contribution < -0.4 is 5.32 Å². The first-order valence-electron chi connectivity index (χ1n) is 6.83. The average molecular weight is 230 g/mol. The number of likely N-dealkylation sites (tertiary alicyclic amines) is 1. The molecule has 17 heavy (non-hydrogen) atoms. The molecule has 1 aromatic rings. The summed E-state index contributed by atoms with van der Waals surface area (Å²) in [5.74, 6) is 1.59. The van der Waals surface area contributed by atoms with E-state index in [2.05, 4.69) is 42.4 Å². The van der Waals surface area contributed by atoms with Gasteiger partial charge >= 0.3 is 0 Å². The third-order valence-corrected chi connectivity index (χ3v) is 4.44. The topological polar surface area (TPSA) is 15.3 Å². The molecule has 1 N–H and O–H groups in total. The van der Waals surface area contributed by atoms with Crippen molar-refractivity contribution in [2.75, 3.05) is 32.0 Å². The highest BCUT2D eigenvalue weighted by Crippen LogP contribution is 2.40. The zero-order valence-corrected chi connectivity index (χ0v) is 10.9. The number of hydrogen-bond donors (Lipinski definition) is 1. The van der Waals surface area contributed by atoms with Gasteiger partial charge in [-0.1, -0.05) is 19.1 Å². The molecule has 2 nitrogen and oxygen atoms in total. The second kappa shape index (κ2) is 4.34. The van der Waals surface area contributed by atoms with Gasteiger partial charge in [0.2, 0.25) is 0 Å². The summed E-state index contributed by atoms with van der Waals surface area (Å²) in [7, 11) is 2.25. The highest BCUT2D eigenvalue weighted by atomic mass is 15.1. The van der Waals surface area contributed by atoms with Crippen molar-refractivity contribution < 1.29 is 0 Å².